The number of hydrogen-bond donors (Lipinski definition) is 0. The minimum Gasteiger partial charge on any atom is -0.305 e. The van der Waals surface area contributed by atoms with Crippen LogP contribution in [0.2, 0.25) is 0 Å². The molecule has 0 N–H and O–H groups in total. The number of likely N-dealkylation sites (tertiary alicyclic amines) is 1. The van der Waals surface area contributed by atoms with Gasteiger partial charge in [-0.05, 0) is 43.6 Å². The summed E-state index contributed by atoms with van der Waals surface area (Å²) < 4.78 is 0. The van der Waals surface area contributed by atoms with E-state index in [1.807, 2.05) is 0 Å². The van der Waals surface area contributed by atoms with Crippen LogP contribution in [0.1, 0.15) is 25.7 Å². The molecule has 1 fully saturated rings. The van der Waals surface area contributed by atoms with Gasteiger partial charge in [-0.15, -0.1) is 12.4 Å². The van der Waals surface area contributed by atoms with Gasteiger partial charge < -0.3 is 4.90 Å². The van der Waals surface area contributed by atoms with Gasteiger partial charge in [-0.3, -0.25) is 0 Å². The molecule has 1 heterocycles. The van der Waals surface area contributed by atoms with E-state index in [0.717, 1.165) is 0 Å². The molecule has 1 aliphatic heterocycles. The van der Waals surface area contributed by atoms with E-state index < -0.39 is 0 Å². The lowest BCUT2D eigenvalue weighted by Crippen LogP contribution is -2.43. The van der Waals surface area contributed by atoms with Gasteiger partial charge in [0.2, 0.25) is 0 Å². The van der Waals surface area contributed by atoms with Crippen molar-refractivity contribution < 1.29 is 0 Å². The number of halogens is 1. The SMILES string of the molecule is CN1CC23CC=CCC2(CC=CC3)C1.Cl. The van der Waals surface area contributed by atoms with Crippen LogP contribution in [0, 0.1) is 10.8 Å². The maximum atomic E-state index is 2.54. The van der Waals surface area contributed by atoms with Gasteiger partial charge >= 0.3 is 0 Å². The van der Waals surface area contributed by atoms with Crippen LogP contribution in [0.15, 0.2) is 24.3 Å². The Balaban J connectivity index is 0.000000853. The molecule has 0 radical (unpaired) electrons. The van der Waals surface area contributed by atoms with Crippen LogP contribution in [0.3, 0.4) is 0 Å². The molecule has 0 amide bonds. The second kappa shape index (κ2) is 3.64. The van der Waals surface area contributed by atoms with Gasteiger partial charge in [-0.1, -0.05) is 24.3 Å². The molecule has 1 nitrogen and oxygen atoms in total. The van der Waals surface area contributed by atoms with Crippen molar-refractivity contribution in [3.05, 3.63) is 24.3 Å². The Bertz CT molecular complexity index is 260. The van der Waals surface area contributed by atoms with E-state index in [1.165, 1.54) is 38.8 Å². The molecule has 3 aliphatic rings. The quantitative estimate of drug-likeness (QED) is 0.573. The summed E-state index contributed by atoms with van der Waals surface area (Å²) in [5.41, 5.74) is 1.18. The number of nitrogens with zero attached hydrogens (tertiary/aromatic N) is 1. The Hall–Kier alpha value is -0.270. The highest BCUT2D eigenvalue weighted by atomic mass is 35.5. The lowest BCUT2D eigenvalue weighted by molar-refractivity contribution is 0.0851. The van der Waals surface area contributed by atoms with Crippen molar-refractivity contribution >= 4 is 12.4 Å². The Morgan fingerprint density at radius 2 is 1.13 bits per heavy atom. The largest absolute Gasteiger partial charge is 0.305 e. The maximum Gasteiger partial charge on any atom is 0.00472 e. The average Bonchev–Trinajstić information content (AvgIpc) is 2.48. The van der Waals surface area contributed by atoms with Crippen LogP contribution < -0.4 is 0 Å². The second-order valence-corrected chi connectivity index (χ2v) is 5.49. The topological polar surface area (TPSA) is 3.24 Å². The normalized spacial score (nSPS) is 43.3. The third-order valence-corrected chi connectivity index (χ3v) is 4.64. The summed E-state index contributed by atoms with van der Waals surface area (Å²) in [6, 6.07) is 0. The molecular weight excluding hydrogens is 206 g/mol. The predicted molar refractivity (Wildman–Crippen MR) is 66.4 cm³/mol. The summed E-state index contributed by atoms with van der Waals surface area (Å²) in [5, 5.41) is 0. The van der Waals surface area contributed by atoms with Crippen LogP contribution in [-0.2, 0) is 0 Å². The molecule has 0 aromatic rings. The van der Waals surface area contributed by atoms with Crippen molar-refractivity contribution in [2.24, 2.45) is 10.8 Å². The van der Waals surface area contributed by atoms with Crippen molar-refractivity contribution in [2.75, 3.05) is 20.1 Å². The molecule has 2 heteroatoms. The van der Waals surface area contributed by atoms with E-state index in [9.17, 15) is 0 Å². The Labute approximate surface area is 98.6 Å². The van der Waals surface area contributed by atoms with Crippen LogP contribution >= 0.6 is 12.4 Å². The summed E-state index contributed by atoms with van der Waals surface area (Å²) in [6.07, 6.45) is 14.9. The maximum absolute atomic E-state index is 2.54. The highest BCUT2D eigenvalue weighted by Crippen LogP contribution is 2.59. The first-order chi connectivity index (χ1) is 6.77. The zero-order valence-corrected chi connectivity index (χ0v) is 10.2. The average molecular weight is 226 g/mol. The van der Waals surface area contributed by atoms with E-state index >= 15 is 0 Å². The smallest absolute Gasteiger partial charge is 0.00472 e. The van der Waals surface area contributed by atoms with Crippen molar-refractivity contribution in [1.29, 1.82) is 0 Å². The predicted octanol–water partition coefficient (Wildman–Crippen LogP) is 3.03. The molecule has 15 heavy (non-hydrogen) atoms. The Morgan fingerprint density at radius 1 is 0.800 bits per heavy atom. The third-order valence-electron chi connectivity index (χ3n) is 4.64. The van der Waals surface area contributed by atoms with Crippen LogP contribution in [0.5, 0.6) is 0 Å². The number of rotatable bonds is 0. The molecule has 0 spiro atoms. The first-order valence-corrected chi connectivity index (χ1v) is 5.75. The molecule has 0 atom stereocenters. The molecular formula is C13H20ClN. The Morgan fingerprint density at radius 3 is 1.47 bits per heavy atom. The van der Waals surface area contributed by atoms with Crippen molar-refractivity contribution in [1.82, 2.24) is 4.90 Å². The van der Waals surface area contributed by atoms with Gasteiger partial charge in [0.1, 0.15) is 0 Å². The highest BCUT2D eigenvalue weighted by molar-refractivity contribution is 5.85. The van der Waals surface area contributed by atoms with E-state index in [4.69, 9.17) is 0 Å². The summed E-state index contributed by atoms with van der Waals surface area (Å²) in [7, 11) is 2.28. The fourth-order valence-corrected chi connectivity index (χ4v) is 3.95. The zero-order valence-electron chi connectivity index (χ0n) is 9.41. The number of allylic oxidation sites excluding steroid dienone is 4. The van der Waals surface area contributed by atoms with E-state index in [1.54, 1.807) is 0 Å². The van der Waals surface area contributed by atoms with Crippen molar-refractivity contribution in [3.8, 4) is 0 Å². The standard InChI is InChI=1S/C13H19N.ClH/c1-14-10-12-6-2-3-7-13(12,11-14)9-5-4-8-12;/h2-5H,6-11H2,1H3;1H. The van der Waals surface area contributed by atoms with Crippen LogP contribution in [0.4, 0.5) is 0 Å². The van der Waals surface area contributed by atoms with Gasteiger partial charge in [0.25, 0.3) is 0 Å². The molecule has 1 saturated heterocycles. The number of hydrogen-bond acceptors (Lipinski definition) is 1. The lowest BCUT2D eigenvalue weighted by Gasteiger charge is -2.48. The molecule has 3 rings (SSSR count). The van der Waals surface area contributed by atoms with Crippen molar-refractivity contribution in [3.63, 3.8) is 0 Å². The third kappa shape index (κ3) is 1.40. The van der Waals surface area contributed by atoms with Crippen LogP contribution in [-0.4, -0.2) is 25.0 Å². The molecule has 0 bridgehead atoms. The van der Waals surface area contributed by atoms with E-state index in [2.05, 4.69) is 36.3 Å². The Kier molecular flexibility index (Phi) is 2.72. The van der Waals surface area contributed by atoms with Gasteiger partial charge in [0.15, 0.2) is 0 Å². The summed E-state index contributed by atoms with van der Waals surface area (Å²) in [5.74, 6) is 0. The highest BCUT2D eigenvalue weighted by Gasteiger charge is 2.56. The molecule has 2 aliphatic carbocycles. The fraction of sp³-hybridized carbons (Fsp3) is 0.692. The summed E-state index contributed by atoms with van der Waals surface area (Å²) in [6.45, 7) is 2.61. The molecule has 0 aromatic carbocycles. The zero-order chi connectivity index (χ0) is 9.65. The fourth-order valence-electron chi connectivity index (χ4n) is 3.95. The monoisotopic (exact) mass is 225 g/mol. The van der Waals surface area contributed by atoms with Gasteiger partial charge in [-0.25, -0.2) is 0 Å². The van der Waals surface area contributed by atoms with Gasteiger partial charge in [-0.2, -0.15) is 0 Å². The molecule has 0 aromatic heterocycles. The minimum absolute atomic E-state index is 0. The van der Waals surface area contributed by atoms with E-state index in [0.29, 0.717) is 10.8 Å². The first-order valence-electron chi connectivity index (χ1n) is 5.75. The lowest BCUT2D eigenvalue weighted by atomic mass is 9.55. The molecule has 0 saturated carbocycles. The first kappa shape index (κ1) is 11.2. The summed E-state index contributed by atoms with van der Waals surface area (Å²) >= 11 is 0. The van der Waals surface area contributed by atoms with Crippen LogP contribution in [0.25, 0.3) is 0 Å². The molecule has 0 unspecified atom stereocenters. The summed E-state index contributed by atoms with van der Waals surface area (Å²) in [4.78, 5) is 2.54. The van der Waals surface area contributed by atoms with Crippen molar-refractivity contribution in [2.45, 2.75) is 25.7 Å². The van der Waals surface area contributed by atoms with Gasteiger partial charge in [0, 0.05) is 13.1 Å². The van der Waals surface area contributed by atoms with E-state index in [-0.39, 0.29) is 12.4 Å². The minimum atomic E-state index is 0. The second-order valence-electron chi connectivity index (χ2n) is 5.49. The molecule has 84 valence electrons. The van der Waals surface area contributed by atoms with Gasteiger partial charge in [0.05, 0.1) is 0 Å².